The van der Waals surface area contributed by atoms with Crippen molar-refractivity contribution in [3.63, 3.8) is 0 Å². The zero-order chi connectivity index (χ0) is 22.3. The quantitative estimate of drug-likeness (QED) is 0.352. The lowest BCUT2D eigenvalue weighted by atomic mass is 10.1. The zero-order valence-electron chi connectivity index (χ0n) is 17.3. The number of aromatic nitrogens is 1. The van der Waals surface area contributed by atoms with Crippen molar-refractivity contribution in [3.05, 3.63) is 87.7 Å². The Morgan fingerprint density at radius 2 is 1.55 bits per heavy atom. The van der Waals surface area contributed by atoms with Crippen LogP contribution in [0.25, 0.3) is 11.8 Å². The molecular weight excluding hydrogens is 430 g/mol. The molecule has 1 aliphatic rings. The van der Waals surface area contributed by atoms with Crippen LogP contribution in [0.3, 0.4) is 0 Å². The molecule has 1 aliphatic heterocycles. The molecule has 0 radical (unpaired) electrons. The first-order chi connectivity index (χ1) is 14.8. The molecule has 1 fully saturated rings. The van der Waals surface area contributed by atoms with E-state index in [2.05, 4.69) is 22.0 Å². The molecule has 1 N–H and O–H groups in total. The van der Waals surface area contributed by atoms with Crippen molar-refractivity contribution in [2.45, 2.75) is 20.8 Å². The fraction of sp³-hybridized carbons (Fsp3) is 0.125. The third-order valence-electron chi connectivity index (χ3n) is 5.25. The number of aryl methyl sites for hydroxylation is 2. The largest absolute Gasteiger partial charge is 0.318 e. The third-order valence-corrected chi connectivity index (χ3v) is 5.79. The van der Waals surface area contributed by atoms with Gasteiger partial charge in [0, 0.05) is 22.1 Å². The molecule has 2 aromatic carbocycles. The summed E-state index contributed by atoms with van der Waals surface area (Å²) >= 11 is 11.2. The Kier molecular flexibility index (Phi) is 5.52. The monoisotopic (exact) mass is 449 g/mol. The summed E-state index contributed by atoms with van der Waals surface area (Å²) < 4.78 is 2.10. The minimum atomic E-state index is -0.514. The molecule has 2 amide bonds. The van der Waals surface area contributed by atoms with Gasteiger partial charge in [0.1, 0.15) is 5.57 Å². The van der Waals surface area contributed by atoms with Crippen LogP contribution in [-0.2, 0) is 9.59 Å². The highest BCUT2D eigenvalue weighted by atomic mass is 35.5. The SMILES string of the molecule is Cc1ccc(-n2c(C)cc(/C=C3\C(=O)NC(=S)N(c4ccc(Cl)cc4)C3=O)c2C)cc1. The van der Waals surface area contributed by atoms with Crippen LogP contribution in [0.1, 0.15) is 22.5 Å². The van der Waals surface area contributed by atoms with Crippen LogP contribution in [0.5, 0.6) is 0 Å². The van der Waals surface area contributed by atoms with Crippen LogP contribution in [0, 0.1) is 20.8 Å². The molecule has 4 rings (SSSR count). The van der Waals surface area contributed by atoms with Crippen molar-refractivity contribution < 1.29 is 9.59 Å². The molecule has 1 aromatic heterocycles. The smallest absolute Gasteiger partial charge is 0.270 e. The first-order valence-corrected chi connectivity index (χ1v) is 10.5. The number of thiocarbonyl (C=S) groups is 1. The average molecular weight is 450 g/mol. The van der Waals surface area contributed by atoms with Crippen molar-refractivity contribution >= 4 is 52.5 Å². The van der Waals surface area contributed by atoms with Gasteiger partial charge in [0.25, 0.3) is 11.8 Å². The van der Waals surface area contributed by atoms with E-state index in [-0.39, 0.29) is 10.7 Å². The first kappa shape index (κ1) is 21.0. The predicted octanol–water partition coefficient (Wildman–Crippen LogP) is 4.89. The van der Waals surface area contributed by atoms with E-state index in [0.29, 0.717) is 10.7 Å². The summed E-state index contributed by atoms with van der Waals surface area (Å²) in [5, 5.41) is 3.20. The average Bonchev–Trinajstić information content (AvgIpc) is 3.00. The fourth-order valence-corrected chi connectivity index (χ4v) is 4.07. The van der Waals surface area contributed by atoms with Crippen LogP contribution >= 0.6 is 23.8 Å². The molecule has 2 heterocycles. The first-order valence-electron chi connectivity index (χ1n) is 9.69. The molecule has 0 bridgehead atoms. The molecule has 0 atom stereocenters. The van der Waals surface area contributed by atoms with Gasteiger partial charge in [0.2, 0.25) is 0 Å². The van der Waals surface area contributed by atoms with Crippen molar-refractivity contribution in [2.75, 3.05) is 4.90 Å². The van der Waals surface area contributed by atoms with E-state index in [0.717, 1.165) is 22.6 Å². The number of carbonyl (C=O) groups is 2. The number of hydrogen-bond donors (Lipinski definition) is 1. The summed E-state index contributed by atoms with van der Waals surface area (Å²) in [4.78, 5) is 27.1. The summed E-state index contributed by atoms with van der Waals surface area (Å²) in [6.07, 6.45) is 1.62. The molecule has 0 aliphatic carbocycles. The second-order valence-electron chi connectivity index (χ2n) is 7.43. The zero-order valence-corrected chi connectivity index (χ0v) is 18.8. The molecule has 7 heteroatoms. The van der Waals surface area contributed by atoms with E-state index in [1.165, 1.54) is 10.5 Å². The van der Waals surface area contributed by atoms with Gasteiger partial charge in [0.15, 0.2) is 5.11 Å². The maximum absolute atomic E-state index is 13.2. The minimum absolute atomic E-state index is 0.0210. The molecule has 1 saturated heterocycles. The van der Waals surface area contributed by atoms with E-state index < -0.39 is 11.8 Å². The molecule has 3 aromatic rings. The number of rotatable bonds is 3. The predicted molar refractivity (Wildman–Crippen MR) is 128 cm³/mol. The molecule has 5 nitrogen and oxygen atoms in total. The molecule has 0 spiro atoms. The van der Waals surface area contributed by atoms with Gasteiger partial charge in [-0.3, -0.25) is 19.8 Å². The summed E-state index contributed by atoms with van der Waals surface area (Å²) in [5.74, 6) is -0.989. The lowest BCUT2D eigenvalue weighted by molar-refractivity contribution is -0.122. The summed E-state index contributed by atoms with van der Waals surface area (Å²) in [5.41, 5.74) is 5.48. The Bertz CT molecular complexity index is 1240. The molecule has 31 heavy (non-hydrogen) atoms. The maximum Gasteiger partial charge on any atom is 0.270 e. The number of amides is 2. The summed E-state index contributed by atoms with van der Waals surface area (Å²) in [7, 11) is 0. The number of anilines is 1. The van der Waals surface area contributed by atoms with Crippen LogP contribution in [0.4, 0.5) is 5.69 Å². The highest BCUT2D eigenvalue weighted by Gasteiger charge is 2.34. The van der Waals surface area contributed by atoms with Crippen molar-refractivity contribution in [1.29, 1.82) is 0 Å². The third kappa shape index (κ3) is 3.92. The van der Waals surface area contributed by atoms with E-state index in [1.807, 2.05) is 39.0 Å². The van der Waals surface area contributed by atoms with Crippen LogP contribution in [0.2, 0.25) is 5.02 Å². The second-order valence-corrected chi connectivity index (χ2v) is 8.25. The lowest BCUT2D eigenvalue weighted by Crippen LogP contribution is -2.54. The van der Waals surface area contributed by atoms with Crippen molar-refractivity contribution in [1.82, 2.24) is 9.88 Å². The van der Waals surface area contributed by atoms with Crippen LogP contribution in [-0.4, -0.2) is 21.5 Å². The van der Waals surface area contributed by atoms with E-state index in [1.54, 1.807) is 30.3 Å². The Balaban J connectivity index is 1.75. The van der Waals surface area contributed by atoms with E-state index in [4.69, 9.17) is 23.8 Å². The number of nitrogens with one attached hydrogen (secondary N) is 1. The summed E-state index contributed by atoms with van der Waals surface area (Å²) in [6.45, 7) is 6.00. The van der Waals surface area contributed by atoms with E-state index in [9.17, 15) is 9.59 Å². The van der Waals surface area contributed by atoms with Gasteiger partial charge < -0.3 is 4.57 Å². The second kappa shape index (κ2) is 8.13. The van der Waals surface area contributed by atoms with Gasteiger partial charge in [-0.15, -0.1) is 0 Å². The lowest BCUT2D eigenvalue weighted by Gasteiger charge is -2.28. The van der Waals surface area contributed by atoms with Crippen molar-refractivity contribution in [3.8, 4) is 5.69 Å². The van der Waals surface area contributed by atoms with Gasteiger partial charge in [-0.1, -0.05) is 29.3 Å². The Hall–Kier alpha value is -3.22. The van der Waals surface area contributed by atoms with Gasteiger partial charge in [-0.2, -0.15) is 0 Å². The Morgan fingerprint density at radius 3 is 2.19 bits per heavy atom. The topological polar surface area (TPSA) is 54.3 Å². The highest BCUT2D eigenvalue weighted by Crippen LogP contribution is 2.27. The molecule has 0 unspecified atom stereocenters. The van der Waals surface area contributed by atoms with Crippen molar-refractivity contribution in [2.24, 2.45) is 0 Å². The molecular formula is C24H20ClN3O2S. The molecule has 156 valence electrons. The van der Waals surface area contributed by atoms with Gasteiger partial charge >= 0.3 is 0 Å². The maximum atomic E-state index is 13.2. The number of carbonyl (C=O) groups excluding carboxylic acids is 2. The van der Waals surface area contributed by atoms with Gasteiger partial charge in [-0.25, -0.2) is 0 Å². The Morgan fingerprint density at radius 1 is 0.935 bits per heavy atom. The fourth-order valence-electron chi connectivity index (χ4n) is 3.66. The number of benzene rings is 2. The van der Waals surface area contributed by atoms with Gasteiger partial charge in [0.05, 0.1) is 5.69 Å². The number of halogens is 1. The standard InChI is InChI=1S/C24H20ClN3O2S/c1-14-4-8-19(9-5-14)27-15(2)12-17(16(27)3)13-21-22(29)26-24(31)28(23(21)30)20-10-6-18(25)7-11-20/h4-13H,1-3H3,(H,26,29,31)/b21-13+. The van der Waals surface area contributed by atoms with Crippen LogP contribution < -0.4 is 10.2 Å². The minimum Gasteiger partial charge on any atom is -0.318 e. The normalized spacial score (nSPS) is 15.5. The van der Waals surface area contributed by atoms with Crippen LogP contribution in [0.15, 0.2) is 60.2 Å². The molecule has 0 saturated carbocycles. The number of nitrogens with zero attached hydrogens (tertiary/aromatic N) is 2. The summed E-state index contributed by atoms with van der Waals surface area (Å²) in [6, 6.07) is 16.9. The van der Waals surface area contributed by atoms with E-state index >= 15 is 0 Å². The Labute approximate surface area is 190 Å². The van der Waals surface area contributed by atoms with Gasteiger partial charge in [-0.05, 0) is 87.1 Å². The highest BCUT2D eigenvalue weighted by molar-refractivity contribution is 7.80. The number of hydrogen-bond acceptors (Lipinski definition) is 3.